The van der Waals surface area contributed by atoms with E-state index in [2.05, 4.69) is 15.9 Å². The number of rotatable bonds is 2. The van der Waals surface area contributed by atoms with Crippen LogP contribution >= 0.6 is 27.3 Å². The molecule has 5 heteroatoms. The maximum Gasteiger partial charge on any atom is 0.145 e. The second-order valence-corrected chi connectivity index (χ2v) is 6.94. The predicted octanol–water partition coefficient (Wildman–Crippen LogP) is 4.91. The van der Waals surface area contributed by atoms with Gasteiger partial charge in [0.2, 0.25) is 0 Å². The maximum absolute atomic E-state index is 14.2. The van der Waals surface area contributed by atoms with Gasteiger partial charge in [-0.15, -0.1) is 11.3 Å². The van der Waals surface area contributed by atoms with Crippen molar-refractivity contribution >= 4 is 27.3 Å². The molecule has 1 aliphatic rings. The lowest BCUT2D eigenvalue weighted by molar-refractivity contribution is 0.439. The average Bonchev–Trinajstić information content (AvgIpc) is 2.91. The second kappa shape index (κ2) is 5.54. The first-order chi connectivity index (χ1) is 9.59. The molecule has 2 aromatic rings. The molecule has 20 heavy (non-hydrogen) atoms. The summed E-state index contributed by atoms with van der Waals surface area (Å²) in [6.45, 7) is 0. The van der Waals surface area contributed by atoms with Crippen LogP contribution in [0.4, 0.5) is 8.78 Å². The standard InChI is InChI=1S/C15H14BrF2NS/c16-10-4-5-11(17)13(14(10)18)15(19)9-2-1-3-12-8(9)6-7-20-12/h4-7,9,15H,1-3,19H2. The highest BCUT2D eigenvalue weighted by molar-refractivity contribution is 9.10. The number of benzene rings is 1. The van der Waals surface area contributed by atoms with Gasteiger partial charge in [-0.2, -0.15) is 0 Å². The lowest BCUT2D eigenvalue weighted by Crippen LogP contribution is -2.25. The van der Waals surface area contributed by atoms with E-state index in [1.807, 2.05) is 11.4 Å². The van der Waals surface area contributed by atoms with Gasteiger partial charge in [-0.05, 0) is 64.3 Å². The van der Waals surface area contributed by atoms with Gasteiger partial charge in [0.05, 0.1) is 4.47 Å². The highest BCUT2D eigenvalue weighted by atomic mass is 79.9. The van der Waals surface area contributed by atoms with E-state index in [1.165, 1.54) is 17.0 Å². The Morgan fingerprint density at radius 3 is 2.90 bits per heavy atom. The minimum Gasteiger partial charge on any atom is -0.323 e. The van der Waals surface area contributed by atoms with Gasteiger partial charge < -0.3 is 5.73 Å². The van der Waals surface area contributed by atoms with Crippen LogP contribution in [-0.2, 0) is 6.42 Å². The summed E-state index contributed by atoms with van der Waals surface area (Å²) in [6.07, 6.45) is 2.93. The van der Waals surface area contributed by atoms with Crippen molar-refractivity contribution in [1.82, 2.24) is 0 Å². The molecule has 0 spiro atoms. The van der Waals surface area contributed by atoms with Crippen molar-refractivity contribution in [1.29, 1.82) is 0 Å². The first kappa shape index (κ1) is 14.2. The maximum atomic E-state index is 14.2. The van der Waals surface area contributed by atoms with E-state index < -0.39 is 17.7 Å². The Morgan fingerprint density at radius 2 is 2.10 bits per heavy atom. The third kappa shape index (κ3) is 2.32. The molecule has 2 unspecified atom stereocenters. The molecule has 106 valence electrons. The molecular weight excluding hydrogens is 344 g/mol. The summed E-state index contributed by atoms with van der Waals surface area (Å²) in [7, 11) is 0. The summed E-state index contributed by atoms with van der Waals surface area (Å²) in [4.78, 5) is 1.30. The van der Waals surface area contributed by atoms with Gasteiger partial charge in [0, 0.05) is 22.4 Å². The second-order valence-electron chi connectivity index (χ2n) is 5.08. The quantitative estimate of drug-likeness (QED) is 0.759. The summed E-state index contributed by atoms with van der Waals surface area (Å²) in [6, 6.07) is 4.02. The minimum absolute atomic E-state index is 0.0107. The Kier molecular flexibility index (Phi) is 3.93. The fourth-order valence-corrected chi connectivity index (χ4v) is 4.29. The molecule has 1 nitrogen and oxygen atoms in total. The Labute approximate surface area is 128 Å². The van der Waals surface area contributed by atoms with Crippen LogP contribution in [0.1, 0.15) is 40.8 Å². The van der Waals surface area contributed by atoms with Crippen LogP contribution in [0.2, 0.25) is 0 Å². The van der Waals surface area contributed by atoms with Crippen molar-refractivity contribution in [3.8, 4) is 0 Å². The summed E-state index contributed by atoms with van der Waals surface area (Å²) in [5, 5.41) is 2.03. The van der Waals surface area contributed by atoms with E-state index in [0.29, 0.717) is 0 Å². The summed E-state index contributed by atoms with van der Waals surface area (Å²) >= 11 is 4.80. The molecule has 0 fully saturated rings. The van der Waals surface area contributed by atoms with Crippen LogP contribution in [0.5, 0.6) is 0 Å². The zero-order valence-electron chi connectivity index (χ0n) is 10.7. The van der Waals surface area contributed by atoms with E-state index in [9.17, 15) is 8.78 Å². The number of fused-ring (bicyclic) bond motifs is 1. The van der Waals surface area contributed by atoms with E-state index in [4.69, 9.17) is 5.73 Å². The van der Waals surface area contributed by atoms with Crippen LogP contribution in [-0.4, -0.2) is 0 Å². The van der Waals surface area contributed by atoms with Gasteiger partial charge in [0.15, 0.2) is 0 Å². The van der Waals surface area contributed by atoms with E-state index >= 15 is 0 Å². The number of hydrogen-bond acceptors (Lipinski definition) is 2. The molecule has 0 amide bonds. The first-order valence-electron chi connectivity index (χ1n) is 6.55. The Morgan fingerprint density at radius 1 is 1.30 bits per heavy atom. The SMILES string of the molecule is NC(c1c(F)ccc(Br)c1F)C1CCCc2sccc21. The Bertz CT molecular complexity index is 641. The van der Waals surface area contributed by atoms with Crippen LogP contribution < -0.4 is 5.73 Å². The molecule has 0 saturated heterocycles. The molecule has 0 radical (unpaired) electrons. The zero-order valence-corrected chi connectivity index (χ0v) is 13.1. The largest absolute Gasteiger partial charge is 0.323 e. The van der Waals surface area contributed by atoms with Crippen molar-refractivity contribution in [2.75, 3.05) is 0 Å². The summed E-state index contributed by atoms with van der Waals surface area (Å²) in [5.41, 5.74) is 7.37. The van der Waals surface area contributed by atoms with Crippen LogP contribution in [0.15, 0.2) is 28.1 Å². The van der Waals surface area contributed by atoms with Crippen LogP contribution in [0, 0.1) is 11.6 Å². The molecule has 3 rings (SSSR count). The van der Waals surface area contributed by atoms with Crippen molar-refractivity contribution in [2.24, 2.45) is 5.73 Å². The highest BCUT2D eigenvalue weighted by Gasteiger charge is 2.31. The monoisotopic (exact) mass is 357 g/mol. The van der Waals surface area contributed by atoms with Gasteiger partial charge >= 0.3 is 0 Å². The first-order valence-corrected chi connectivity index (χ1v) is 8.22. The number of halogens is 3. The van der Waals surface area contributed by atoms with Crippen molar-refractivity contribution < 1.29 is 8.78 Å². The summed E-state index contributed by atoms with van der Waals surface area (Å²) in [5.74, 6) is -1.16. The van der Waals surface area contributed by atoms with Crippen molar-refractivity contribution in [3.63, 3.8) is 0 Å². The topological polar surface area (TPSA) is 26.0 Å². The summed E-state index contributed by atoms with van der Waals surface area (Å²) < 4.78 is 28.5. The molecular formula is C15H14BrF2NS. The van der Waals surface area contributed by atoms with Gasteiger partial charge in [-0.3, -0.25) is 0 Å². The van der Waals surface area contributed by atoms with E-state index in [1.54, 1.807) is 11.3 Å². The molecule has 0 saturated carbocycles. The normalized spacial score (nSPS) is 19.7. The fourth-order valence-electron chi connectivity index (χ4n) is 2.94. The molecule has 0 bridgehead atoms. The minimum atomic E-state index is -0.652. The molecule has 1 aliphatic carbocycles. The third-order valence-corrected chi connectivity index (χ3v) is 5.55. The lowest BCUT2D eigenvalue weighted by atomic mass is 9.80. The van der Waals surface area contributed by atoms with Gasteiger partial charge in [-0.25, -0.2) is 8.78 Å². The lowest BCUT2D eigenvalue weighted by Gasteiger charge is -2.29. The number of aryl methyl sites for hydroxylation is 1. The van der Waals surface area contributed by atoms with Gasteiger partial charge in [0.25, 0.3) is 0 Å². The van der Waals surface area contributed by atoms with E-state index in [-0.39, 0.29) is 16.0 Å². The Balaban J connectivity index is 2.03. The fraction of sp³-hybridized carbons (Fsp3) is 0.333. The zero-order chi connectivity index (χ0) is 14.3. The third-order valence-electron chi connectivity index (χ3n) is 3.94. The van der Waals surface area contributed by atoms with Crippen LogP contribution in [0.25, 0.3) is 0 Å². The smallest absolute Gasteiger partial charge is 0.145 e. The highest BCUT2D eigenvalue weighted by Crippen LogP contribution is 2.42. The molecule has 1 aromatic heterocycles. The van der Waals surface area contributed by atoms with Gasteiger partial charge in [-0.1, -0.05) is 0 Å². The molecule has 0 aliphatic heterocycles. The molecule has 2 atom stereocenters. The van der Waals surface area contributed by atoms with Gasteiger partial charge in [0.1, 0.15) is 11.6 Å². The predicted molar refractivity (Wildman–Crippen MR) is 81.0 cm³/mol. The van der Waals surface area contributed by atoms with Crippen molar-refractivity contribution in [3.05, 3.63) is 55.7 Å². The number of nitrogens with two attached hydrogens (primary N) is 1. The van der Waals surface area contributed by atoms with Crippen LogP contribution in [0.3, 0.4) is 0 Å². The molecule has 2 N–H and O–H groups in total. The van der Waals surface area contributed by atoms with Crippen molar-refractivity contribution in [2.45, 2.75) is 31.2 Å². The Hall–Kier alpha value is -0.780. The molecule has 1 heterocycles. The number of thiophene rings is 1. The molecule has 1 aromatic carbocycles. The average molecular weight is 358 g/mol. The number of hydrogen-bond donors (Lipinski definition) is 1. The van der Waals surface area contributed by atoms with E-state index in [0.717, 1.165) is 24.8 Å².